The molecule has 114 valence electrons. The normalized spacial score (nSPS) is 10.3. The molecule has 0 amide bonds. The van der Waals surface area contributed by atoms with Crippen molar-refractivity contribution >= 4 is 17.2 Å². The van der Waals surface area contributed by atoms with Gasteiger partial charge in [-0.2, -0.15) is 0 Å². The molecule has 6 heteroatoms. The van der Waals surface area contributed by atoms with Crippen molar-refractivity contribution in [2.75, 3.05) is 5.32 Å². The summed E-state index contributed by atoms with van der Waals surface area (Å²) in [6.45, 7) is 3.33. The van der Waals surface area contributed by atoms with E-state index < -0.39 is 4.92 Å². The lowest BCUT2D eigenvalue weighted by atomic mass is 10.1. The zero-order chi connectivity index (χ0) is 16.3. The van der Waals surface area contributed by atoms with Crippen molar-refractivity contribution in [1.82, 2.24) is 0 Å². The van der Waals surface area contributed by atoms with Gasteiger partial charge in [0.05, 0.1) is 4.92 Å². The standard InChI is InChI=1S/C16H15FN2O3/c1-10-7-12(3-5-14(10)17)9-18-15-6-4-13(11(2)20)8-16(15)19(21)22/h3-8,18H,9H2,1-2H3. The van der Waals surface area contributed by atoms with E-state index in [2.05, 4.69) is 5.32 Å². The van der Waals surface area contributed by atoms with Gasteiger partial charge in [0.2, 0.25) is 0 Å². The average molecular weight is 302 g/mol. The number of hydrogen-bond acceptors (Lipinski definition) is 4. The predicted octanol–water partition coefficient (Wildman–Crippen LogP) is 3.86. The number of carbonyl (C=O) groups excluding carboxylic acids is 1. The Bertz CT molecular complexity index is 744. The van der Waals surface area contributed by atoms with E-state index in [0.717, 1.165) is 5.56 Å². The molecular weight excluding hydrogens is 287 g/mol. The Balaban J connectivity index is 2.23. The zero-order valence-corrected chi connectivity index (χ0v) is 12.2. The minimum atomic E-state index is -0.537. The van der Waals surface area contributed by atoms with E-state index in [1.807, 2.05) is 0 Å². The molecule has 0 aromatic heterocycles. The first-order valence-electron chi connectivity index (χ1n) is 6.67. The summed E-state index contributed by atoms with van der Waals surface area (Å²) < 4.78 is 13.2. The molecule has 0 bridgehead atoms. The molecule has 0 aliphatic rings. The number of Topliss-reactive ketones (excluding diaryl/α,β-unsaturated/α-hetero) is 1. The van der Waals surface area contributed by atoms with Crippen molar-refractivity contribution in [3.05, 3.63) is 69.0 Å². The summed E-state index contributed by atoms with van der Waals surface area (Å²) in [6, 6.07) is 8.95. The third-order valence-electron chi connectivity index (χ3n) is 3.31. The van der Waals surface area contributed by atoms with Crippen molar-refractivity contribution in [3.63, 3.8) is 0 Å². The second-order valence-corrected chi connectivity index (χ2v) is 4.98. The van der Waals surface area contributed by atoms with E-state index in [-0.39, 0.29) is 22.9 Å². The molecule has 0 spiro atoms. The topological polar surface area (TPSA) is 72.2 Å². The number of halogens is 1. The fourth-order valence-electron chi connectivity index (χ4n) is 2.07. The molecule has 0 atom stereocenters. The maximum Gasteiger partial charge on any atom is 0.293 e. The first-order valence-corrected chi connectivity index (χ1v) is 6.67. The Morgan fingerprint density at radius 1 is 1.27 bits per heavy atom. The molecule has 2 aromatic carbocycles. The van der Waals surface area contributed by atoms with Crippen LogP contribution in [0.2, 0.25) is 0 Å². The highest BCUT2D eigenvalue weighted by Crippen LogP contribution is 2.26. The number of hydrogen-bond donors (Lipinski definition) is 1. The van der Waals surface area contributed by atoms with Gasteiger partial charge in [0.15, 0.2) is 5.78 Å². The predicted molar refractivity (Wildman–Crippen MR) is 81.6 cm³/mol. The van der Waals surface area contributed by atoms with E-state index in [9.17, 15) is 19.3 Å². The second kappa shape index (κ2) is 6.34. The molecule has 0 fully saturated rings. The van der Waals surface area contributed by atoms with Gasteiger partial charge in [-0.25, -0.2) is 4.39 Å². The molecule has 1 N–H and O–H groups in total. The molecule has 0 aliphatic heterocycles. The van der Waals surface area contributed by atoms with Gasteiger partial charge in [0.1, 0.15) is 11.5 Å². The van der Waals surface area contributed by atoms with Gasteiger partial charge in [-0.1, -0.05) is 12.1 Å². The monoisotopic (exact) mass is 302 g/mol. The van der Waals surface area contributed by atoms with Gasteiger partial charge in [-0.05, 0) is 43.2 Å². The van der Waals surface area contributed by atoms with Crippen molar-refractivity contribution in [2.24, 2.45) is 0 Å². The number of anilines is 1. The molecule has 0 heterocycles. The van der Waals surface area contributed by atoms with Crippen LogP contribution in [-0.2, 0) is 6.54 Å². The van der Waals surface area contributed by atoms with Crippen LogP contribution >= 0.6 is 0 Å². The fourth-order valence-corrected chi connectivity index (χ4v) is 2.07. The molecule has 2 aromatic rings. The van der Waals surface area contributed by atoms with Crippen LogP contribution in [0.1, 0.15) is 28.4 Å². The van der Waals surface area contributed by atoms with E-state index >= 15 is 0 Å². The van der Waals surface area contributed by atoms with Crippen LogP contribution in [0, 0.1) is 22.9 Å². The van der Waals surface area contributed by atoms with Crippen LogP contribution in [0.4, 0.5) is 15.8 Å². The van der Waals surface area contributed by atoms with Gasteiger partial charge in [-0.15, -0.1) is 0 Å². The molecule has 2 rings (SSSR count). The first kappa shape index (κ1) is 15.6. The number of rotatable bonds is 5. The van der Waals surface area contributed by atoms with Crippen LogP contribution in [0.15, 0.2) is 36.4 Å². The lowest BCUT2D eigenvalue weighted by Crippen LogP contribution is -2.04. The number of carbonyl (C=O) groups is 1. The summed E-state index contributed by atoms with van der Waals surface area (Å²) in [4.78, 5) is 21.9. The van der Waals surface area contributed by atoms with Gasteiger partial charge in [0, 0.05) is 18.2 Å². The summed E-state index contributed by atoms with van der Waals surface area (Å²) in [5.41, 5.74) is 1.77. The average Bonchev–Trinajstić information content (AvgIpc) is 2.48. The third kappa shape index (κ3) is 3.46. The molecule has 0 saturated carbocycles. The Morgan fingerprint density at radius 3 is 2.59 bits per heavy atom. The van der Waals surface area contributed by atoms with Crippen molar-refractivity contribution in [2.45, 2.75) is 20.4 Å². The van der Waals surface area contributed by atoms with E-state index in [1.54, 1.807) is 19.1 Å². The number of benzene rings is 2. The largest absolute Gasteiger partial charge is 0.375 e. The molecular formula is C16H15FN2O3. The third-order valence-corrected chi connectivity index (χ3v) is 3.31. The Kier molecular flexibility index (Phi) is 4.50. The summed E-state index contributed by atoms with van der Waals surface area (Å²) in [6.07, 6.45) is 0. The highest BCUT2D eigenvalue weighted by atomic mass is 19.1. The van der Waals surface area contributed by atoms with Crippen LogP contribution in [0.3, 0.4) is 0 Å². The maximum atomic E-state index is 13.2. The van der Waals surface area contributed by atoms with Crippen LogP contribution in [0.5, 0.6) is 0 Å². The lowest BCUT2D eigenvalue weighted by molar-refractivity contribution is -0.384. The smallest absolute Gasteiger partial charge is 0.293 e. The molecule has 22 heavy (non-hydrogen) atoms. The van der Waals surface area contributed by atoms with Crippen LogP contribution in [-0.4, -0.2) is 10.7 Å². The molecule has 0 unspecified atom stereocenters. The maximum absolute atomic E-state index is 13.2. The SMILES string of the molecule is CC(=O)c1ccc(NCc2ccc(F)c(C)c2)c([N+](=O)[O-])c1. The Hall–Kier alpha value is -2.76. The minimum absolute atomic E-state index is 0.161. The first-order chi connectivity index (χ1) is 10.4. The van der Waals surface area contributed by atoms with Crippen LogP contribution in [0.25, 0.3) is 0 Å². The number of nitro groups is 1. The zero-order valence-electron chi connectivity index (χ0n) is 12.2. The number of aryl methyl sites for hydroxylation is 1. The van der Waals surface area contributed by atoms with E-state index in [4.69, 9.17) is 0 Å². The van der Waals surface area contributed by atoms with Gasteiger partial charge in [0.25, 0.3) is 5.69 Å². The number of nitrogens with one attached hydrogen (secondary N) is 1. The van der Waals surface area contributed by atoms with E-state index in [0.29, 0.717) is 17.8 Å². The van der Waals surface area contributed by atoms with Crippen molar-refractivity contribution < 1.29 is 14.1 Å². The number of nitro benzene ring substituents is 1. The van der Waals surface area contributed by atoms with E-state index in [1.165, 1.54) is 31.2 Å². The minimum Gasteiger partial charge on any atom is -0.375 e. The van der Waals surface area contributed by atoms with Crippen LogP contribution < -0.4 is 5.32 Å². The summed E-state index contributed by atoms with van der Waals surface area (Å²) in [5, 5.41) is 14.1. The number of ketones is 1. The number of nitrogens with zero attached hydrogens (tertiary/aromatic N) is 1. The molecule has 0 radical (unpaired) electrons. The van der Waals surface area contributed by atoms with Gasteiger partial charge >= 0.3 is 0 Å². The highest BCUT2D eigenvalue weighted by Gasteiger charge is 2.16. The van der Waals surface area contributed by atoms with Gasteiger partial charge in [-0.3, -0.25) is 14.9 Å². The van der Waals surface area contributed by atoms with Gasteiger partial charge < -0.3 is 5.32 Å². The quantitative estimate of drug-likeness (QED) is 0.517. The second-order valence-electron chi connectivity index (χ2n) is 4.98. The Morgan fingerprint density at radius 2 is 2.00 bits per heavy atom. The molecule has 5 nitrogen and oxygen atoms in total. The van der Waals surface area contributed by atoms with Crippen molar-refractivity contribution in [3.8, 4) is 0 Å². The summed E-state index contributed by atoms with van der Waals surface area (Å²) >= 11 is 0. The van der Waals surface area contributed by atoms with Crippen molar-refractivity contribution in [1.29, 1.82) is 0 Å². The molecule has 0 saturated heterocycles. The Labute approximate surface area is 126 Å². The lowest BCUT2D eigenvalue weighted by Gasteiger charge is -2.09. The highest BCUT2D eigenvalue weighted by molar-refractivity contribution is 5.95. The molecule has 0 aliphatic carbocycles. The summed E-state index contributed by atoms with van der Waals surface area (Å²) in [5.74, 6) is -0.524. The summed E-state index contributed by atoms with van der Waals surface area (Å²) in [7, 11) is 0. The fraction of sp³-hybridized carbons (Fsp3) is 0.188.